The van der Waals surface area contributed by atoms with E-state index in [2.05, 4.69) is 54.6 Å². The molecule has 1 fully saturated rings. The molecule has 2 N–H and O–H groups in total. The van der Waals surface area contributed by atoms with Crippen LogP contribution in [-0.2, 0) is 4.79 Å². The molecule has 0 radical (unpaired) electrons. The van der Waals surface area contributed by atoms with Gasteiger partial charge in [0.05, 0.1) is 5.69 Å². The zero-order valence-electron chi connectivity index (χ0n) is 14.3. The van der Waals surface area contributed by atoms with Crippen molar-refractivity contribution >= 4 is 34.8 Å². The maximum Gasteiger partial charge on any atom is 0.229 e. The number of aryl methyl sites for hydroxylation is 2. The third kappa shape index (κ3) is 4.35. The van der Waals surface area contributed by atoms with Gasteiger partial charge in [0.15, 0.2) is 5.13 Å². The molecule has 130 valence electrons. The zero-order chi connectivity index (χ0) is 16.4. The Morgan fingerprint density at radius 2 is 2.17 bits per heavy atom. The lowest BCUT2D eigenvalue weighted by Gasteiger charge is -2.26. The molecule has 0 unspecified atom stereocenters. The maximum absolute atomic E-state index is 12.4. The van der Waals surface area contributed by atoms with Gasteiger partial charge >= 0.3 is 0 Å². The number of hydrogen-bond donors (Lipinski definition) is 2. The Balaban J connectivity index is 0.00000208. The highest BCUT2D eigenvalue weighted by atomic mass is 35.5. The Labute approximate surface area is 153 Å². The molecule has 2 aromatic rings. The fourth-order valence-corrected chi connectivity index (χ4v) is 3.85. The summed E-state index contributed by atoms with van der Waals surface area (Å²) in [5, 5.41) is 9.07. The summed E-state index contributed by atoms with van der Waals surface area (Å²) in [5.41, 5.74) is 4.51. The van der Waals surface area contributed by atoms with Gasteiger partial charge in [-0.2, -0.15) is 0 Å². The fourth-order valence-electron chi connectivity index (χ4n) is 3.13. The number of carbonyl (C=O) groups excluding carboxylic acids is 1. The molecule has 24 heavy (non-hydrogen) atoms. The lowest BCUT2D eigenvalue weighted by atomic mass is 9.92. The number of carbonyl (C=O) groups is 1. The van der Waals surface area contributed by atoms with E-state index >= 15 is 0 Å². The Morgan fingerprint density at radius 3 is 2.88 bits per heavy atom. The molecule has 6 heteroatoms. The average molecular weight is 366 g/mol. The summed E-state index contributed by atoms with van der Waals surface area (Å²) in [6.07, 6.45) is 1.78. The van der Waals surface area contributed by atoms with Gasteiger partial charge in [0.2, 0.25) is 5.91 Å². The van der Waals surface area contributed by atoms with Gasteiger partial charge in [0, 0.05) is 22.9 Å². The number of nitrogens with zero attached hydrogens (tertiary/aromatic N) is 1. The van der Waals surface area contributed by atoms with E-state index in [1.807, 2.05) is 5.38 Å². The number of halogens is 1. The summed E-state index contributed by atoms with van der Waals surface area (Å²) in [7, 11) is 0. The van der Waals surface area contributed by atoms with Gasteiger partial charge in [-0.15, -0.1) is 23.7 Å². The topological polar surface area (TPSA) is 54.0 Å². The number of nitrogens with one attached hydrogen (secondary N) is 2. The van der Waals surface area contributed by atoms with Crippen LogP contribution in [0.1, 0.15) is 30.9 Å². The Hall–Kier alpha value is -1.43. The van der Waals surface area contributed by atoms with Crippen molar-refractivity contribution in [2.45, 2.75) is 39.7 Å². The van der Waals surface area contributed by atoms with Crippen LogP contribution in [0.4, 0.5) is 5.13 Å². The number of aromatic nitrogens is 1. The van der Waals surface area contributed by atoms with E-state index < -0.39 is 0 Å². The molecule has 2 heterocycles. The second-order valence-electron chi connectivity index (χ2n) is 6.42. The molecule has 1 aromatic carbocycles. The van der Waals surface area contributed by atoms with Crippen molar-refractivity contribution in [3.63, 3.8) is 0 Å². The van der Waals surface area contributed by atoms with Crippen LogP contribution < -0.4 is 10.6 Å². The smallest absolute Gasteiger partial charge is 0.229 e. The first-order chi connectivity index (χ1) is 11.0. The van der Waals surface area contributed by atoms with Gasteiger partial charge in [-0.1, -0.05) is 23.8 Å². The van der Waals surface area contributed by atoms with Crippen molar-refractivity contribution in [3.05, 3.63) is 34.7 Å². The third-order valence-corrected chi connectivity index (χ3v) is 5.14. The monoisotopic (exact) mass is 365 g/mol. The molecular weight excluding hydrogens is 342 g/mol. The quantitative estimate of drug-likeness (QED) is 0.858. The minimum absolute atomic E-state index is 0. The second-order valence-corrected chi connectivity index (χ2v) is 7.28. The summed E-state index contributed by atoms with van der Waals surface area (Å²) in [4.78, 5) is 17.0. The zero-order valence-corrected chi connectivity index (χ0v) is 15.9. The molecule has 1 saturated heterocycles. The van der Waals surface area contributed by atoms with Gasteiger partial charge in [-0.25, -0.2) is 4.98 Å². The summed E-state index contributed by atoms with van der Waals surface area (Å²) in [6, 6.07) is 6.75. The standard InChI is InChI=1S/C18H23N3OS.ClH/c1-11-4-5-15(12(2)8-11)16-10-23-18(20-16)21-17(22)14-6-7-19-13(3)9-14;/h4-5,8,10,13-14,19H,6-7,9H2,1-3H3,(H,20,21,22);1H/t13-,14-;/m0./s1. The van der Waals surface area contributed by atoms with Crippen LogP contribution in [0.15, 0.2) is 23.6 Å². The van der Waals surface area contributed by atoms with Crippen LogP contribution in [0.2, 0.25) is 0 Å². The number of thiazole rings is 1. The molecular formula is C18H24ClN3OS. The number of benzene rings is 1. The van der Waals surface area contributed by atoms with E-state index in [-0.39, 0.29) is 24.2 Å². The first-order valence-electron chi connectivity index (χ1n) is 8.10. The average Bonchev–Trinajstić information content (AvgIpc) is 2.95. The van der Waals surface area contributed by atoms with Crippen LogP contribution in [0, 0.1) is 19.8 Å². The summed E-state index contributed by atoms with van der Waals surface area (Å²) < 4.78 is 0. The SMILES string of the molecule is Cc1ccc(-c2csc(NC(=O)[C@H]3CCN[C@@H](C)C3)n2)c(C)c1.Cl. The van der Waals surface area contributed by atoms with Gasteiger partial charge in [-0.05, 0) is 45.7 Å². The van der Waals surface area contributed by atoms with E-state index in [4.69, 9.17) is 0 Å². The summed E-state index contributed by atoms with van der Waals surface area (Å²) in [5.74, 6) is 0.180. The molecule has 0 bridgehead atoms. The number of piperidine rings is 1. The highest BCUT2D eigenvalue weighted by Gasteiger charge is 2.25. The molecule has 2 atom stereocenters. The van der Waals surface area contributed by atoms with Crippen molar-refractivity contribution < 1.29 is 4.79 Å². The van der Waals surface area contributed by atoms with Gasteiger partial charge in [-0.3, -0.25) is 4.79 Å². The van der Waals surface area contributed by atoms with Gasteiger partial charge in [0.25, 0.3) is 0 Å². The van der Waals surface area contributed by atoms with E-state index in [0.29, 0.717) is 11.2 Å². The van der Waals surface area contributed by atoms with E-state index in [0.717, 1.165) is 30.6 Å². The minimum Gasteiger partial charge on any atom is -0.314 e. The summed E-state index contributed by atoms with van der Waals surface area (Å²) in [6.45, 7) is 7.21. The second kappa shape index (κ2) is 8.10. The minimum atomic E-state index is 0. The van der Waals surface area contributed by atoms with Crippen molar-refractivity contribution in [2.75, 3.05) is 11.9 Å². The normalized spacial score (nSPS) is 20.3. The highest BCUT2D eigenvalue weighted by molar-refractivity contribution is 7.14. The lowest BCUT2D eigenvalue weighted by Crippen LogP contribution is -2.40. The van der Waals surface area contributed by atoms with E-state index in [1.54, 1.807) is 0 Å². The molecule has 4 nitrogen and oxygen atoms in total. The van der Waals surface area contributed by atoms with Crippen LogP contribution in [0.5, 0.6) is 0 Å². The Kier molecular flexibility index (Phi) is 6.38. The van der Waals surface area contributed by atoms with Crippen LogP contribution in [0.3, 0.4) is 0 Å². The molecule has 1 amide bonds. The van der Waals surface area contributed by atoms with Crippen LogP contribution in [0.25, 0.3) is 11.3 Å². The Morgan fingerprint density at radius 1 is 1.38 bits per heavy atom. The van der Waals surface area contributed by atoms with Crippen molar-refractivity contribution in [1.29, 1.82) is 0 Å². The van der Waals surface area contributed by atoms with Crippen molar-refractivity contribution in [3.8, 4) is 11.3 Å². The van der Waals surface area contributed by atoms with Gasteiger partial charge in [0.1, 0.15) is 0 Å². The predicted molar refractivity (Wildman–Crippen MR) is 103 cm³/mol. The molecule has 0 saturated carbocycles. The molecule has 1 aromatic heterocycles. The fraction of sp³-hybridized carbons (Fsp3) is 0.444. The van der Waals surface area contributed by atoms with E-state index in [1.165, 1.54) is 22.5 Å². The molecule has 1 aliphatic rings. The third-order valence-electron chi connectivity index (χ3n) is 4.39. The maximum atomic E-state index is 12.4. The molecule has 1 aliphatic heterocycles. The molecule has 3 rings (SSSR count). The first kappa shape index (κ1) is 18.9. The van der Waals surface area contributed by atoms with Crippen molar-refractivity contribution in [1.82, 2.24) is 10.3 Å². The van der Waals surface area contributed by atoms with Gasteiger partial charge < -0.3 is 10.6 Å². The number of anilines is 1. The number of amides is 1. The van der Waals surface area contributed by atoms with E-state index in [9.17, 15) is 4.79 Å². The van der Waals surface area contributed by atoms with Crippen molar-refractivity contribution in [2.24, 2.45) is 5.92 Å². The predicted octanol–water partition coefficient (Wildman–Crippen LogP) is 4.18. The van der Waals surface area contributed by atoms with Crippen LogP contribution >= 0.6 is 23.7 Å². The summed E-state index contributed by atoms with van der Waals surface area (Å²) >= 11 is 1.49. The lowest BCUT2D eigenvalue weighted by molar-refractivity contribution is -0.120. The molecule has 0 spiro atoms. The molecule has 0 aliphatic carbocycles. The van der Waals surface area contributed by atoms with Crippen LogP contribution in [-0.4, -0.2) is 23.5 Å². The number of hydrogen-bond acceptors (Lipinski definition) is 4. The Bertz CT molecular complexity index is 716. The first-order valence-corrected chi connectivity index (χ1v) is 8.98. The number of rotatable bonds is 3. The largest absolute Gasteiger partial charge is 0.314 e. The highest BCUT2D eigenvalue weighted by Crippen LogP contribution is 2.28.